The highest BCUT2D eigenvalue weighted by Crippen LogP contribution is 2.24. The summed E-state index contributed by atoms with van der Waals surface area (Å²) in [5.41, 5.74) is 0.357. The minimum atomic E-state index is -4.03. The third kappa shape index (κ3) is 4.34. The molecule has 0 spiro atoms. The number of carboxylic acids is 2. The second kappa shape index (κ2) is 8.00. The zero-order valence-corrected chi connectivity index (χ0v) is 15.7. The van der Waals surface area contributed by atoms with Gasteiger partial charge in [-0.25, -0.2) is 18.0 Å². The summed E-state index contributed by atoms with van der Waals surface area (Å²) in [5.74, 6) is 2.93. The SMILES string of the molecule is O=C(O)c1ccc(S(=O)(=O)c2ccc(C#Cc3ccccc3)cc2)cc1C(=O)O. The Bertz CT molecular complexity index is 1250. The summed E-state index contributed by atoms with van der Waals surface area (Å²) < 4.78 is 25.6. The van der Waals surface area contributed by atoms with Gasteiger partial charge in [0.2, 0.25) is 9.84 Å². The predicted molar refractivity (Wildman–Crippen MR) is 105 cm³/mol. The molecule has 3 rings (SSSR count). The lowest BCUT2D eigenvalue weighted by atomic mass is 10.1. The number of carboxylic acid groups (broad SMARTS) is 2. The molecule has 0 saturated heterocycles. The van der Waals surface area contributed by atoms with Gasteiger partial charge in [-0.2, -0.15) is 0 Å². The van der Waals surface area contributed by atoms with E-state index in [1.165, 1.54) is 12.1 Å². The zero-order chi connectivity index (χ0) is 21.0. The second-order valence-electron chi connectivity index (χ2n) is 5.96. The average molecular weight is 406 g/mol. The molecule has 2 N–H and O–H groups in total. The third-order valence-corrected chi connectivity index (χ3v) is 5.82. The minimum Gasteiger partial charge on any atom is -0.478 e. The lowest BCUT2D eigenvalue weighted by molar-refractivity contribution is 0.0651. The molecule has 3 aromatic rings. The summed E-state index contributed by atoms with van der Waals surface area (Å²) in [6.45, 7) is 0. The van der Waals surface area contributed by atoms with Gasteiger partial charge < -0.3 is 10.2 Å². The number of sulfone groups is 1. The normalized spacial score (nSPS) is 10.6. The first-order valence-electron chi connectivity index (χ1n) is 8.32. The van der Waals surface area contributed by atoms with Crippen LogP contribution in [0.5, 0.6) is 0 Å². The fourth-order valence-electron chi connectivity index (χ4n) is 2.57. The van der Waals surface area contributed by atoms with Gasteiger partial charge in [-0.1, -0.05) is 30.0 Å². The van der Waals surface area contributed by atoms with Crippen LogP contribution in [0.15, 0.2) is 82.6 Å². The van der Waals surface area contributed by atoms with E-state index in [4.69, 9.17) is 5.11 Å². The Hall–Kier alpha value is -3.89. The first-order valence-corrected chi connectivity index (χ1v) is 9.80. The van der Waals surface area contributed by atoms with Crippen LogP contribution in [0.3, 0.4) is 0 Å². The fourth-order valence-corrected chi connectivity index (χ4v) is 3.86. The summed E-state index contributed by atoms with van der Waals surface area (Å²) in [6, 6.07) is 18.0. The van der Waals surface area contributed by atoms with Gasteiger partial charge in [0.15, 0.2) is 0 Å². The van der Waals surface area contributed by atoms with E-state index in [-0.39, 0.29) is 9.79 Å². The van der Waals surface area contributed by atoms with E-state index in [0.29, 0.717) is 5.56 Å². The van der Waals surface area contributed by atoms with E-state index < -0.39 is 32.9 Å². The van der Waals surface area contributed by atoms with Crippen LogP contribution >= 0.6 is 0 Å². The topological polar surface area (TPSA) is 109 Å². The molecule has 7 heteroatoms. The Kier molecular flexibility index (Phi) is 5.48. The molecule has 0 bridgehead atoms. The number of benzene rings is 3. The molecule has 0 atom stereocenters. The van der Waals surface area contributed by atoms with E-state index in [0.717, 1.165) is 23.8 Å². The van der Waals surface area contributed by atoms with E-state index in [2.05, 4.69) is 11.8 Å². The molecule has 0 fully saturated rings. The molecule has 0 aliphatic heterocycles. The summed E-state index contributed by atoms with van der Waals surface area (Å²) in [4.78, 5) is 22.1. The maximum absolute atomic E-state index is 12.8. The highest BCUT2D eigenvalue weighted by atomic mass is 32.2. The number of aromatic carboxylic acids is 2. The van der Waals surface area contributed by atoms with Crippen molar-refractivity contribution in [2.75, 3.05) is 0 Å². The molecule has 0 aliphatic carbocycles. The molecular weight excluding hydrogens is 392 g/mol. The van der Waals surface area contributed by atoms with Crippen LogP contribution in [0.25, 0.3) is 0 Å². The molecule has 0 aliphatic rings. The van der Waals surface area contributed by atoms with Gasteiger partial charge in [-0.05, 0) is 54.6 Å². The van der Waals surface area contributed by atoms with E-state index in [9.17, 15) is 23.1 Å². The van der Waals surface area contributed by atoms with Crippen molar-refractivity contribution in [3.63, 3.8) is 0 Å². The van der Waals surface area contributed by atoms with Crippen molar-refractivity contribution in [2.24, 2.45) is 0 Å². The van der Waals surface area contributed by atoms with Crippen LogP contribution in [0.4, 0.5) is 0 Å². The Labute approximate surface area is 167 Å². The smallest absolute Gasteiger partial charge is 0.336 e. The molecule has 0 saturated carbocycles. The Morgan fingerprint density at radius 1 is 0.655 bits per heavy atom. The number of hydrogen-bond acceptors (Lipinski definition) is 4. The van der Waals surface area contributed by atoms with Crippen molar-refractivity contribution in [3.05, 3.63) is 95.1 Å². The number of carbonyl (C=O) groups is 2. The maximum atomic E-state index is 12.8. The van der Waals surface area contributed by atoms with Crippen molar-refractivity contribution >= 4 is 21.8 Å². The van der Waals surface area contributed by atoms with Crippen LogP contribution in [0, 0.1) is 11.8 Å². The van der Waals surface area contributed by atoms with Gasteiger partial charge in [-0.15, -0.1) is 0 Å². The summed E-state index contributed by atoms with van der Waals surface area (Å²) in [6.07, 6.45) is 0. The summed E-state index contributed by atoms with van der Waals surface area (Å²) in [7, 11) is -4.03. The van der Waals surface area contributed by atoms with Gasteiger partial charge in [0.05, 0.1) is 20.9 Å². The van der Waals surface area contributed by atoms with Crippen molar-refractivity contribution in [2.45, 2.75) is 9.79 Å². The largest absolute Gasteiger partial charge is 0.478 e. The fraction of sp³-hybridized carbons (Fsp3) is 0. The van der Waals surface area contributed by atoms with E-state index in [1.807, 2.05) is 30.3 Å². The predicted octanol–water partition coefficient (Wildman–Crippen LogP) is 3.32. The van der Waals surface area contributed by atoms with Crippen molar-refractivity contribution in [1.82, 2.24) is 0 Å². The molecule has 3 aromatic carbocycles. The van der Waals surface area contributed by atoms with Crippen LogP contribution in [-0.2, 0) is 9.84 Å². The van der Waals surface area contributed by atoms with Gasteiger partial charge in [0, 0.05) is 11.1 Å². The lowest BCUT2D eigenvalue weighted by Gasteiger charge is -2.08. The van der Waals surface area contributed by atoms with Gasteiger partial charge in [0.1, 0.15) is 0 Å². The molecule has 6 nitrogen and oxygen atoms in total. The standard InChI is InChI=1S/C22H14O6S/c23-21(24)19-13-12-18(14-20(19)22(25)26)29(27,28)17-10-8-16(9-11-17)7-6-15-4-2-1-3-5-15/h1-5,8-14H,(H,23,24)(H,25,26). The van der Waals surface area contributed by atoms with Crippen molar-refractivity contribution in [3.8, 4) is 11.8 Å². The first kappa shape index (κ1) is 19.9. The zero-order valence-electron chi connectivity index (χ0n) is 14.9. The van der Waals surface area contributed by atoms with Gasteiger partial charge in [0.25, 0.3) is 0 Å². The lowest BCUT2D eigenvalue weighted by Crippen LogP contribution is -2.10. The number of rotatable bonds is 4. The number of hydrogen-bond donors (Lipinski definition) is 2. The molecule has 0 unspecified atom stereocenters. The molecule has 0 heterocycles. The highest BCUT2D eigenvalue weighted by Gasteiger charge is 2.23. The summed E-state index contributed by atoms with van der Waals surface area (Å²) >= 11 is 0. The summed E-state index contributed by atoms with van der Waals surface area (Å²) in [5, 5.41) is 18.3. The van der Waals surface area contributed by atoms with Crippen LogP contribution < -0.4 is 0 Å². The van der Waals surface area contributed by atoms with Gasteiger partial charge >= 0.3 is 11.9 Å². The molecule has 144 valence electrons. The van der Waals surface area contributed by atoms with E-state index in [1.54, 1.807) is 12.1 Å². The average Bonchev–Trinajstić information content (AvgIpc) is 2.72. The molecule has 0 aromatic heterocycles. The second-order valence-corrected chi connectivity index (χ2v) is 7.91. The van der Waals surface area contributed by atoms with Crippen molar-refractivity contribution < 1.29 is 28.2 Å². The highest BCUT2D eigenvalue weighted by molar-refractivity contribution is 7.91. The van der Waals surface area contributed by atoms with Crippen LogP contribution in [-0.4, -0.2) is 30.6 Å². The molecule has 0 radical (unpaired) electrons. The van der Waals surface area contributed by atoms with Crippen LogP contribution in [0.1, 0.15) is 31.8 Å². The minimum absolute atomic E-state index is 0.0535. The molecule has 29 heavy (non-hydrogen) atoms. The quantitative estimate of drug-likeness (QED) is 0.644. The van der Waals surface area contributed by atoms with Crippen LogP contribution in [0.2, 0.25) is 0 Å². The first-order chi connectivity index (χ1) is 13.8. The Balaban J connectivity index is 1.94. The Morgan fingerprint density at radius 2 is 1.17 bits per heavy atom. The van der Waals surface area contributed by atoms with Crippen molar-refractivity contribution in [1.29, 1.82) is 0 Å². The molecule has 0 amide bonds. The maximum Gasteiger partial charge on any atom is 0.336 e. The third-order valence-electron chi connectivity index (χ3n) is 4.05. The van der Waals surface area contributed by atoms with E-state index >= 15 is 0 Å². The Morgan fingerprint density at radius 3 is 1.72 bits per heavy atom. The monoisotopic (exact) mass is 406 g/mol. The molecular formula is C22H14O6S. The van der Waals surface area contributed by atoms with Gasteiger partial charge in [-0.3, -0.25) is 0 Å².